The zero-order chi connectivity index (χ0) is 10.9. The average molecular weight is 201 g/mol. The first kappa shape index (κ1) is 9.84. The van der Waals surface area contributed by atoms with Crippen LogP contribution in [-0.4, -0.2) is 17.1 Å². The number of benzene rings is 1. The smallest absolute Gasteiger partial charge is 0.115 e. The largest absolute Gasteiger partial charge is 0.508 e. The van der Waals surface area contributed by atoms with Crippen LogP contribution in [0.15, 0.2) is 48.7 Å². The first-order valence-corrected chi connectivity index (χ1v) is 5.01. The van der Waals surface area contributed by atoms with Crippen molar-refractivity contribution < 1.29 is 5.11 Å². The SMILES string of the molecule is CN1C=CC=CC1(C)c1cccc(O)c1. The van der Waals surface area contributed by atoms with Crippen LogP contribution in [0.2, 0.25) is 0 Å². The van der Waals surface area contributed by atoms with Gasteiger partial charge < -0.3 is 10.0 Å². The topological polar surface area (TPSA) is 23.5 Å². The van der Waals surface area contributed by atoms with Gasteiger partial charge in [0.1, 0.15) is 5.75 Å². The highest BCUT2D eigenvalue weighted by atomic mass is 16.3. The van der Waals surface area contributed by atoms with E-state index in [1.54, 1.807) is 12.1 Å². The summed E-state index contributed by atoms with van der Waals surface area (Å²) in [5.74, 6) is 0.310. The summed E-state index contributed by atoms with van der Waals surface area (Å²) in [7, 11) is 2.03. The minimum Gasteiger partial charge on any atom is -0.508 e. The fraction of sp³-hybridized carbons (Fsp3) is 0.231. The van der Waals surface area contributed by atoms with E-state index in [0.29, 0.717) is 5.75 Å². The number of aromatic hydroxyl groups is 1. The molecule has 0 saturated carbocycles. The minimum atomic E-state index is -0.173. The molecule has 1 aliphatic heterocycles. The van der Waals surface area contributed by atoms with Gasteiger partial charge in [0.25, 0.3) is 0 Å². The molecular weight excluding hydrogens is 186 g/mol. The molecule has 1 unspecified atom stereocenters. The number of likely N-dealkylation sites (N-methyl/N-ethyl adjacent to an activating group) is 1. The van der Waals surface area contributed by atoms with Crippen LogP contribution >= 0.6 is 0 Å². The third kappa shape index (κ3) is 1.63. The molecule has 1 aromatic rings. The van der Waals surface area contributed by atoms with Crippen LogP contribution in [-0.2, 0) is 5.54 Å². The van der Waals surface area contributed by atoms with E-state index in [2.05, 4.69) is 17.9 Å². The molecule has 0 bridgehead atoms. The maximum absolute atomic E-state index is 9.48. The third-order valence-electron chi connectivity index (χ3n) is 3.00. The summed E-state index contributed by atoms with van der Waals surface area (Å²) >= 11 is 0. The third-order valence-corrected chi connectivity index (χ3v) is 3.00. The van der Waals surface area contributed by atoms with Gasteiger partial charge in [-0.3, -0.25) is 0 Å². The zero-order valence-corrected chi connectivity index (χ0v) is 9.01. The molecule has 2 nitrogen and oxygen atoms in total. The molecule has 78 valence electrons. The fourth-order valence-corrected chi connectivity index (χ4v) is 1.81. The van der Waals surface area contributed by atoms with Crippen molar-refractivity contribution in [3.05, 3.63) is 54.3 Å². The van der Waals surface area contributed by atoms with Crippen LogP contribution in [0.5, 0.6) is 5.75 Å². The number of rotatable bonds is 1. The van der Waals surface area contributed by atoms with E-state index in [0.717, 1.165) is 5.56 Å². The van der Waals surface area contributed by atoms with Crippen LogP contribution in [0.4, 0.5) is 0 Å². The number of allylic oxidation sites excluding steroid dienone is 2. The van der Waals surface area contributed by atoms with E-state index in [1.807, 2.05) is 37.5 Å². The Morgan fingerprint density at radius 1 is 1.27 bits per heavy atom. The summed E-state index contributed by atoms with van der Waals surface area (Å²) in [6.45, 7) is 2.13. The quantitative estimate of drug-likeness (QED) is 0.755. The lowest BCUT2D eigenvalue weighted by molar-refractivity contribution is 0.261. The summed E-state index contributed by atoms with van der Waals surface area (Å²) < 4.78 is 0. The van der Waals surface area contributed by atoms with Crippen molar-refractivity contribution in [1.29, 1.82) is 0 Å². The second-order valence-electron chi connectivity index (χ2n) is 4.01. The number of phenolic OH excluding ortho intramolecular Hbond substituents is 1. The van der Waals surface area contributed by atoms with Crippen LogP contribution in [0.1, 0.15) is 12.5 Å². The second-order valence-corrected chi connectivity index (χ2v) is 4.01. The van der Waals surface area contributed by atoms with Crippen molar-refractivity contribution in [1.82, 2.24) is 4.90 Å². The molecule has 0 amide bonds. The molecule has 0 fully saturated rings. The number of nitrogens with zero attached hydrogens (tertiary/aromatic N) is 1. The Hall–Kier alpha value is -1.70. The Morgan fingerprint density at radius 3 is 2.73 bits per heavy atom. The number of phenols is 1. The number of hydrogen-bond donors (Lipinski definition) is 1. The molecule has 1 heterocycles. The highest BCUT2D eigenvalue weighted by Crippen LogP contribution is 2.32. The Bertz CT molecular complexity index is 422. The molecule has 0 aromatic heterocycles. The number of hydrogen-bond acceptors (Lipinski definition) is 2. The van der Waals surface area contributed by atoms with Gasteiger partial charge in [0, 0.05) is 7.05 Å². The van der Waals surface area contributed by atoms with E-state index >= 15 is 0 Å². The Labute approximate surface area is 90.2 Å². The molecule has 0 saturated heterocycles. The summed E-state index contributed by atoms with van der Waals surface area (Å²) in [5, 5.41) is 9.48. The first-order valence-electron chi connectivity index (χ1n) is 5.01. The second kappa shape index (κ2) is 3.46. The van der Waals surface area contributed by atoms with Gasteiger partial charge in [-0.1, -0.05) is 24.3 Å². The van der Waals surface area contributed by atoms with Gasteiger partial charge in [-0.25, -0.2) is 0 Å². The van der Waals surface area contributed by atoms with Gasteiger partial charge in [0.2, 0.25) is 0 Å². The van der Waals surface area contributed by atoms with Crippen LogP contribution in [0, 0.1) is 0 Å². The lowest BCUT2D eigenvalue weighted by Crippen LogP contribution is -2.36. The lowest BCUT2D eigenvalue weighted by Gasteiger charge is -2.38. The molecule has 2 rings (SSSR count). The van der Waals surface area contributed by atoms with Crippen molar-refractivity contribution in [2.24, 2.45) is 0 Å². The predicted molar refractivity (Wildman–Crippen MR) is 61.5 cm³/mol. The Morgan fingerprint density at radius 2 is 2.07 bits per heavy atom. The van der Waals surface area contributed by atoms with Crippen molar-refractivity contribution in [2.75, 3.05) is 7.05 Å². The minimum absolute atomic E-state index is 0.173. The van der Waals surface area contributed by atoms with Crippen molar-refractivity contribution in [2.45, 2.75) is 12.5 Å². The van der Waals surface area contributed by atoms with Gasteiger partial charge in [0.15, 0.2) is 0 Å². The van der Waals surface area contributed by atoms with Gasteiger partial charge >= 0.3 is 0 Å². The monoisotopic (exact) mass is 201 g/mol. The molecular formula is C13H15NO. The highest BCUT2D eigenvalue weighted by Gasteiger charge is 2.27. The zero-order valence-electron chi connectivity index (χ0n) is 9.01. The average Bonchev–Trinajstić information content (AvgIpc) is 2.23. The van der Waals surface area contributed by atoms with Crippen molar-refractivity contribution >= 4 is 0 Å². The predicted octanol–water partition coefficient (Wildman–Crippen LogP) is 2.62. The molecule has 15 heavy (non-hydrogen) atoms. The first-order chi connectivity index (χ1) is 7.13. The van der Waals surface area contributed by atoms with Crippen LogP contribution in [0.25, 0.3) is 0 Å². The maximum atomic E-state index is 9.48. The van der Waals surface area contributed by atoms with E-state index in [1.165, 1.54) is 0 Å². The molecule has 1 aliphatic rings. The maximum Gasteiger partial charge on any atom is 0.115 e. The standard InChI is InChI=1S/C13H15NO/c1-13(8-3-4-9-14(13)2)11-6-5-7-12(15)10-11/h3-10,15H,1-2H3. The van der Waals surface area contributed by atoms with Gasteiger partial charge in [-0.05, 0) is 36.9 Å². The molecule has 1 N–H and O–H groups in total. The summed E-state index contributed by atoms with van der Waals surface area (Å²) in [6.07, 6.45) is 8.19. The normalized spacial score (nSPS) is 24.5. The van der Waals surface area contributed by atoms with E-state index in [-0.39, 0.29) is 5.54 Å². The summed E-state index contributed by atoms with van der Waals surface area (Å²) in [6, 6.07) is 7.39. The van der Waals surface area contributed by atoms with E-state index < -0.39 is 0 Å². The van der Waals surface area contributed by atoms with Gasteiger partial charge in [-0.15, -0.1) is 0 Å². The summed E-state index contributed by atoms with van der Waals surface area (Å²) in [5.41, 5.74) is 0.915. The molecule has 0 spiro atoms. The van der Waals surface area contributed by atoms with Crippen molar-refractivity contribution in [3.8, 4) is 5.75 Å². The van der Waals surface area contributed by atoms with Gasteiger partial charge in [0.05, 0.1) is 5.54 Å². The molecule has 0 radical (unpaired) electrons. The summed E-state index contributed by atoms with van der Waals surface area (Å²) in [4.78, 5) is 2.13. The van der Waals surface area contributed by atoms with E-state index in [9.17, 15) is 5.11 Å². The molecule has 0 aliphatic carbocycles. The molecule has 1 aromatic carbocycles. The Kier molecular flexibility index (Phi) is 2.27. The van der Waals surface area contributed by atoms with E-state index in [4.69, 9.17) is 0 Å². The lowest BCUT2D eigenvalue weighted by atomic mass is 9.88. The molecule has 2 heteroatoms. The Balaban J connectivity index is 2.45. The van der Waals surface area contributed by atoms with Crippen LogP contribution in [0.3, 0.4) is 0 Å². The van der Waals surface area contributed by atoms with Crippen LogP contribution < -0.4 is 0 Å². The van der Waals surface area contributed by atoms with Gasteiger partial charge in [-0.2, -0.15) is 0 Å². The fourth-order valence-electron chi connectivity index (χ4n) is 1.81. The highest BCUT2D eigenvalue weighted by molar-refractivity contribution is 5.37. The van der Waals surface area contributed by atoms with Crippen molar-refractivity contribution in [3.63, 3.8) is 0 Å². The molecule has 1 atom stereocenters.